The molecule has 0 unspecified atom stereocenters. The first-order chi connectivity index (χ1) is 16.1. The highest BCUT2D eigenvalue weighted by Gasteiger charge is 2.14. The third kappa shape index (κ3) is 4.23. The van der Waals surface area contributed by atoms with Gasteiger partial charge in [-0.15, -0.1) is 5.10 Å². The molecule has 0 saturated heterocycles. The van der Waals surface area contributed by atoms with Crippen LogP contribution in [0.1, 0.15) is 11.3 Å². The van der Waals surface area contributed by atoms with Crippen LogP contribution in [0.3, 0.4) is 0 Å². The molecule has 5 aromatic rings. The summed E-state index contributed by atoms with van der Waals surface area (Å²) < 4.78 is 22.1. The highest BCUT2D eigenvalue weighted by Crippen LogP contribution is 2.19. The Morgan fingerprint density at radius 3 is 2.33 bits per heavy atom. The molecule has 0 atom stereocenters. The number of ether oxygens (including phenoxy) is 1. The van der Waals surface area contributed by atoms with Crippen LogP contribution < -0.4 is 5.43 Å². The molecule has 0 saturated carbocycles. The first-order valence-corrected chi connectivity index (χ1v) is 10.4. The van der Waals surface area contributed by atoms with E-state index in [4.69, 9.17) is 4.74 Å². The molecule has 0 fully saturated rings. The minimum atomic E-state index is -0.464. The average Bonchev–Trinajstić information content (AvgIpc) is 3.28. The zero-order chi connectivity index (χ0) is 22.8. The number of rotatable bonds is 6. The van der Waals surface area contributed by atoms with Crippen LogP contribution in [-0.2, 0) is 29.2 Å². The summed E-state index contributed by atoms with van der Waals surface area (Å²) in [6.07, 6.45) is 1.66. The van der Waals surface area contributed by atoms with Gasteiger partial charge in [-0.05, 0) is 42.0 Å². The number of para-hydroxylation sites is 2. The molecule has 7 nitrogen and oxygen atoms in total. The fourth-order valence-corrected chi connectivity index (χ4v) is 3.88. The summed E-state index contributed by atoms with van der Waals surface area (Å²) in [7, 11) is 0. The second kappa shape index (κ2) is 8.66. The number of pyridine rings is 1. The number of aromatic nitrogens is 4. The van der Waals surface area contributed by atoms with Crippen LogP contribution in [0, 0.1) is 5.82 Å². The number of halogens is 1. The van der Waals surface area contributed by atoms with Crippen LogP contribution in [0.2, 0.25) is 0 Å². The molecule has 164 valence electrons. The van der Waals surface area contributed by atoms with Crippen molar-refractivity contribution in [1.29, 1.82) is 0 Å². The monoisotopic (exact) mass is 442 g/mol. The van der Waals surface area contributed by atoms with E-state index in [1.807, 2.05) is 24.3 Å². The van der Waals surface area contributed by atoms with Gasteiger partial charge in [-0.2, -0.15) is 0 Å². The smallest absolute Gasteiger partial charge is 0.326 e. The van der Waals surface area contributed by atoms with Crippen molar-refractivity contribution in [3.8, 4) is 0 Å². The molecule has 0 N–H and O–H groups in total. The minimum Gasteiger partial charge on any atom is -0.458 e. The summed E-state index contributed by atoms with van der Waals surface area (Å²) in [6.45, 7) is 0.255. The van der Waals surface area contributed by atoms with Crippen molar-refractivity contribution in [2.75, 3.05) is 0 Å². The zero-order valence-electron chi connectivity index (χ0n) is 17.5. The fraction of sp³-hybridized carbons (Fsp3) is 0.120. The summed E-state index contributed by atoms with van der Waals surface area (Å²) in [6, 6.07) is 20.6. The Kier molecular flexibility index (Phi) is 5.40. The van der Waals surface area contributed by atoms with Gasteiger partial charge in [0.15, 0.2) is 5.43 Å². The zero-order valence-corrected chi connectivity index (χ0v) is 17.5. The Morgan fingerprint density at radius 1 is 0.939 bits per heavy atom. The lowest BCUT2D eigenvalue weighted by Gasteiger charge is -2.14. The SMILES string of the molecule is O=C(Cn1c2ccccc2c(=O)c2ccccc21)OCc1cn(Cc2cccc(F)c2)nn1. The second-order valence-corrected chi connectivity index (χ2v) is 7.65. The van der Waals surface area contributed by atoms with Gasteiger partial charge in [0.05, 0.1) is 23.8 Å². The standard InChI is InChI=1S/C25H19FN4O3/c26-18-7-5-6-17(12-18)13-29-14-19(27-28-29)16-33-24(31)15-30-22-10-3-1-8-20(22)25(32)21-9-2-4-11-23(21)30/h1-12,14H,13,15-16H2. The van der Waals surface area contributed by atoms with E-state index < -0.39 is 5.97 Å². The first-order valence-electron chi connectivity index (χ1n) is 10.4. The highest BCUT2D eigenvalue weighted by atomic mass is 19.1. The van der Waals surface area contributed by atoms with Crippen molar-refractivity contribution in [3.05, 3.63) is 106 Å². The van der Waals surface area contributed by atoms with Crippen molar-refractivity contribution in [3.63, 3.8) is 0 Å². The maximum atomic E-state index is 13.4. The van der Waals surface area contributed by atoms with Gasteiger partial charge in [-0.3, -0.25) is 9.59 Å². The second-order valence-electron chi connectivity index (χ2n) is 7.65. The van der Waals surface area contributed by atoms with Crippen molar-refractivity contribution < 1.29 is 13.9 Å². The Bertz CT molecular complexity index is 1480. The number of nitrogens with zero attached hydrogens (tertiary/aromatic N) is 4. The Hall–Kier alpha value is -4.33. The Labute approximate surface area is 187 Å². The fourth-order valence-electron chi connectivity index (χ4n) is 3.88. The van der Waals surface area contributed by atoms with Crippen molar-refractivity contribution in [2.24, 2.45) is 0 Å². The molecule has 2 heterocycles. The van der Waals surface area contributed by atoms with Gasteiger partial charge in [0.1, 0.15) is 24.7 Å². The van der Waals surface area contributed by atoms with Gasteiger partial charge in [-0.25, -0.2) is 9.07 Å². The van der Waals surface area contributed by atoms with Crippen molar-refractivity contribution >= 4 is 27.8 Å². The maximum absolute atomic E-state index is 13.4. The van der Waals surface area contributed by atoms with E-state index in [1.54, 1.807) is 51.8 Å². The van der Waals surface area contributed by atoms with Gasteiger partial charge in [0.25, 0.3) is 0 Å². The van der Waals surface area contributed by atoms with Crippen LogP contribution in [-0.4, -0.2) is 25.5 Å². The molecule has 0 radical (unpaired) electrons. The molecule has 0 aliphatic rings. The molecule has 0 spiro atoms. The Morgan fingerprint density at radius 2 is 1.64 bits per heavy atom. The molecule has 2 aromatic heterocycles. The summed E-state index contributed by atoms with van der Waals surface area (Å²) in [4.78, 5) is 25.5. The van der Waals surface area contributed by atoms with Crippen molar-refractivity contribution in [1.82, 2.24) is 19.6 Å². The Balaban J connectivity index is 1.32. The molecule has 3 aromatic carbocycles. The first kappa shape index (κ1) is 20.6. The van der Waals surface area contributed by atoms with E-state index in [0.717, 1.165) is 5.56 Å². The summed E-state index contributed by atoms with van der Waals surface area (Å²) in [5.41, 5.74) is 2.49. The largest absolute Gasteiger partial charge is 0.458 e. The third-order valence-electron chi connectivity index (χ3n) is 5.37. The molecule has 0 aliphatic carbocycles. The number of carbonyl (C=O) groups excluding carboxylic acids is 1. The van der Waals surface area contributed by atoms with Gasteiger partial charge in [-0.1, -0.05) is 41.6 Å². The highest BCUT2D eigenvalue weighted by molar-refractivity contribution is 5.94. The average molecular weight is 442 g/mol. The molecule has 0 aliphatic heterocycles. The maximum Gasteiger partial charge on any atom is 0.326 e. The van der Waals surface area contributed by atoms with E-state index in [9.17, 15) is 14.0 Å². The number of carbonyl (C=O) groups is 1. The lowest BCUT2D eigenvalue weighted by atomic mass is 10.1. The third-order valence-corrected chi connectivity index (χ3v) is 5.37. The summed E-state index contributed by atoms with van der Waals surface area (Å²) in [5, 5.41) is 9.12. The normalized spacial score (nSPS) is 11.2. The van der Waals surface area contributed by atoms with Crippen LogP contribution in [0.25, 0.3) is 21.8 Å². The number of hydrogen-bond acceptors (Lipinski definition) is 5. The lowest BCUT2D eigenvalue weighted by Crippen LogP contribution is -2.18. The molecule has 5 rings (SSSR count). The molecular weight excluding hydrogens is 423 g/mol. The molecule has 33 heavy (non-hydrogen) atoms. The molecule has 8 heteroatoms. The van der Waals surface area contributed by atoms with Gasteiger partial charge < -0.3 is 9.30 Å². The van der Waals surface area contributed by atoms with Gasteiger partial charge in [0, 0.05) is 10.8 Å². The van der Waals surface area contributed by atoms with Gasteiger partial charge >= 0.3 is 5.97 Å². The van der Waals surface area contributed by atoms with E-state index in [2.05, 4.69) is 10.3 Å². The quantitative estimate of drug-likeness (QED) is 0.296. The van der Waals surface area contributed by atoms with E-state index >= 15 is 0 Å². The van der Waals surface area contributed by atoms with E-state index in [1.165, 1.54) is 12.1 Å². The predicted molar refractivity (Wildman–Crippen MR) is 121 cm³/mol. The number of esters is 1. The molecular formula is C25H19FN4O3. The summed E-state index contributed by atoms with van der Waals surface area (Å²) in [5.74, 6) is -0.780. The minimum absolute atomic E-state index is 0.0436. The lowest BCUT2D eigenvalue weighted by molar-refractivity contribution is -0.145. The van der Waals surface area contributed by atoms with Crippen LogP contribution in [0.15, 0.2) is 83.8 Å². The van der Waals surface area contributed by atoms with Crippen molar-refractivity contribution in [2.45, 2.75) is 19.7 Å². The predicted octanol–water partition coefficient (Wildman–Crippen LogP) is 3.68. The van der Waals surface area contributed by atoms with E-state index in [-0.39, 0.29) is 24.4 Å². The molecule has 0 bridgehead atoms. The van der Waals surface area contributed by atoms with Gasteiger partial charge in [0.2, 0.25) is 0 Å². The van der Waals surface area contributed by atoms with Crippen LogP contribution in [0.4, 0.5) is 4.39 Å². The topological polar surface area (TPSA) is 79.0 Å². The number of benzene rings is 3. The van der Waals surface area contributed by atoms with Crippen LogP contribution >= 0.6 is 0 Å². The summed E-state index contributed by atoms with van der Waals surface area (Å²) >= 11 is 0. The van der Waals surface area contributed by atoms with E-state index in [0.29, 0.717) is 34.0 Å². The number of hydrogen-bond donors (Lipinski definition) is 0. The molecule has 0 amide bonds. The number of fused-ring (bicyclic) bond motifs is 2. The van der Waals surface area contributed by atoms with Crippen LogP contribution in [0.5, 0.6) is 0 Å².